The fourth-order valence-electron chi connectivity index (χ4n) is 3.60. The summed E-state index contributed by atoms with van der Waals surface area (Å²) in [4.78, 5) is 0. The molecule has 0 unspecified atom stereocenters. The predicted octanol–water partition coefficient (Wildman–Crippen LogP) is 2.04. The van der Waals surface area contributed by atoms with Crippen LogP contribution >= 0.6 is 0 Å². The molecular formula is C20H21Li. The van der Waals surface area contributed by atoms with Crippen LogP contribution in [-0.4, -0.2) is 0 Å². The van der Waals surface area contributed by atoms with Crippen LogP contribution < -0.4 is 18.9 Å². The van der Waals surface area contributed by atoms with Crippen molar-refractivity contribution in [2.24, 2.45) is 0 Å². The Kier molecular flexibility index (Phi) is 4.25. The van der Waals surface area contributed by atoms with E-state index in [0.717, 1.165) is 5.56 Å². The van der Waals surface area contributed by atoms with E-state index in [1.54, 1.807) is 0 Å². The molecule has 0 atom stereocenters. The maximum Gasteiger partial charge on any atom is 1.00 e. The molecule has 2 aromatic rings. The molecule has 0 amide bonds. The van der Waals surface area contributed by atoms with Gasteiger partial charge in [-0.05, 0) is 11.1 Å². The quantitative estimate of drug-likeness (QED) is 0.548. The van der Waals surface area contributed by atoms with E-state index in [2.05, 4.69) is 88.4 Å². The third-order valence-electron chi connectivity index (χ3n) is 4.57. The van der Waals surface area contributed by atoms with E-state index in [1.165, 1.54) is 16.7 Å². The second kappa shape index (κ2) is 5.52. The number of fused-ring (bicyclic) bond motifs is 1. The molecule has 2 aromatic carbocycles. The van der Waals surface area contributed by atoms with Gasteiger partial charge in [-0.3, -0.25) is 0 Å². The largest absolute Gasteiger partial charge is 1.00 e. The van der Waals surface area contributed by atoms with Crippen molar-refractivity contribution < 1.29 is 18.9 Å². The summed E-state index contributed by atoms with van der Waals surface area (Å²) in [5.74, 6) is 0. The van der Waals surface area contributed by atoms with Crippen LogP contribution in [0.1, 0.15) is 44.4 Å². The van der Waals surface area contributed by atoms with Gasteiger partial charge in [-0.15, -0.1) is 17.7 Å². The molecule has 0 saturated carbocycles. The molecule has 0 N–H and O–H groups in total. The van der Waals surface area contributed by atoms with E-state index in [4.69, 9.17) is 0 Å². The van der Waals surface area contributed by atoms with Gasteiger partial charge in [0.15, 0.2) is 0 Å². The molecule has 0 aromatic heterocycles. The normalized spacial score (nSPS) is 17.8. The van der Waals surface area contributed by atoms with Crippen molar-refractivity contribution >= 4 is 0 Å². The average Bonchev–Trinajstić information content (AvgIpc) is 2.59. The molecule has 1 heteroatoms. The van der Waals surface area contributed by atoms with E-state index in [1.807, 2.05) is 0 Å². The van der Waals surface area contributed by atoms with E-state index in [9.17, 15) is 0 Å². The zero-order chi connectivity index (χ0) is 14.4. The van der Waals surface area contributed by atoms with E-state index < -0.39 is 0 Å². The van der Waals surface area contributed by atoms with Crippen LogP contribution in [0.25, 0.3) is 0 Å². The molecular weight excluding hydrogens is 247 g/mol. The molecule has 0 heterocycles. The molecule has 0 spiro atoms. The maximum absolute atomic E-state index is 3.68. The third kappa shape index (κ3) is 2.52. The Morgan fingerprint density at radius 2 is 1.10 bits per heavy atom. The van der Waals surface area contributed by atoms with Gasteiger partial charge in [0.1, 0.15) is 0 Å². The van der Waals surface area contributed by atoms with E-state index in [-0.39, 0.29) is 29.7 Å². The molecule has 1 aliphatic carbocycles. The van der Waals surface area contributed by atoms with Gasteiger partial charge in [-0.2, -0.15) is 23.8 Å². The summed E-state index contributed by atoms with van der Waals surface area (Å²) in [5, 5.41) is 0. The minimum absolute atomic E-state index is 0. The zero-order valence-corrected chi connectivity index (χ0v) is 13.7. The predicted molar refractivity (Wildman–Crippen MR) is 84.8 cm³/mol. The standard InChI is InChI=1S/C20H21.Li/c1-19(2)16-12-8-9-13-17(16)20(3,4)18(19)14-15-10-6-5-7-11-15;/h5-13H,1-4H3;/q-1;+1. The molecule has 0 aliphatic heterocycles. The van der Waals surface area contributed by atoms with Crippen molar-refractivity contribution in [1.29, 1.82) is 0 Å². The molecule has 0 fully saturated rings. The van der Waals surface area contributed by atoms with Crippen molar-refractivity contribution in [3.05, 3.63) is 82.9 Å². The smallest absolute Gasteiger partial charge is 0.193 e. The third-order valence-corrected chi connectivity index (χ3v) is 4.57. The zero-order valence-electron chi connectivity index (χ0n) is 13.7. The van der Waals surface area contributed by atoms with Crippen LogP contribution in [0.4, 0.5) is 0 Å². The van der Waals surface area contributed by atoms with Crippen molar-refractivity contribution in [3.63, 3.8) is 0 Å². The van der Waals surface area contributed by atoms with E-state index in [0.29, 0.717) is 0 Å². The molecule has 3 rings (SSSR count). The van der Waals surface area contributed by atoms with Crippen molar-refractivity contribution in [1.82, 2.24) is 0 Å². The molecule has 0 saturated heterocycles. The second-order valence-electron chi connectivity index (χ2n) is 6.66. The summed E-state index contributed by atoms with van der Waals surface area (Å²) >= 11 is 0. The van der Waals surface area contributed by atoms with Crippen LogP contribution in [0.3, 0.4) is 0 Å². The van der Waals surface area contributed by atoms with Gasteiger partial charge in [0.25, 0.3) is 0 Å². The minimum Gasteiger partial charge on any atom is -0.193 e. The second-order valence-corrected chi connectivity index (χ2v) is 6.66. The van der Waals surface area contributed by atoms with Crippen LogP contribution in [0.2, 0.25) is 0 Å². The fraction of sp³-hybridized carbons (Fsp3) is 0.300. The van der Waals surface area contributed by atoms with E-state index >= 15 is 0 Å². The maximum atomic E-state index is 3.68. The average molecular weight is 268 g/mol. The minimum atomic E-state index is 0. The Balaban J connectivity index is 0.00000161. The summed E-state index contributed by atoms with van der Waals surface area (Å²) in [6, 6.07) is 19.3. The molecule has 102 valence electrons. The molecule has 0 radical (unpaired) electrons. The Morgan fingerprint density at radius 1 is 0.667 bits per heavy atom. The van der Waals surface area contributed by atoms with Gasteiger partial charge in [0, 0.05) is 10.8 Å². The summed E-state index contributed by atoms with van der Waals surface area (Å²) in [6.45, 7) is 9.25. The van der Waals surface area contributed by atoms with Crippen LogP contribution in [0.5, 0.6) is 0 Å². The number of allylic oxidation sites excluding steroid dienone is 1. The van der Waals surface area contributed by atoms with Gasteiger partial charge in [-0.1, -0.05) is 58.0 Å². The summed E-state index contributed by atoms with van der Waals surface area (Å²) in [6.07, 6.45) is 3.68. The molecule has 0 bridgehead atoms. The van der Waals surface area contributed by atoms with Gasteiger partial charge < -0.3 is 0 Å². The van der Waals surface area contributed by atoms with Crippen LogP contribution in [-0.2, 0) is 10.8 Å². The number of hydrogen-bond acceptors (Lipinski definition) is 0. The topological polar surface area (TPSA) is 0 Å². The van der Waals surface area contributed by atoms with Gasteiger partial charge in [0.05, 0.1) is 0 Å². The molecule has 0 nitrogen and oxygen atoms in total. The summed E-state index contributed by atoms with van der Waals surface area (Å²) in [5.41, 5.74) is 5.48. The first-order valence-electron chi connectivity index (χ1n) is 7.24. The van der Waals surface area contributed by atoms with Gasteiger partial charge in [-0.25, -0.2) is 0 Å². The van der Waals surface area contributed by atoms with Gasteiger partial charge >= 0.3 is 18.9 Å². The monoisotopic (exact) mass is 268 g/mol. The fourth-order valence-corrected chi connectivity index (χ4v) is 3.60. The number of hydrogen-bond donors (Lipinski definition) is 0. The van der Waals surface area contributed by atoms with Crippen molar-refractivity contribution in [3.8, 4) is 0 Å². The van der Waals surface area contributed by atoms with Crippen LogP contribution in [0, 0.1) is 6.08 Å². The Bertz CT molecular complexity index is 626. The number of rotatable bonds is 1. The molecule has 21 heavy (non-hydrogen) atoms. The Hall–Kier alpha value is -1.22. The number of benzene rings is 2. The summed E-state index contributed by atoms with van der Waals surface area (Å²) in [7, 11) is 0. The Morgan fingerprint density at radius 3 is 1.57 bits per heavy atom. The SMILES string of the molecule is CC1(C)C(=[C-]c2ccccc2)C(C)(C)c2ccccc21.[Li+]. The molecule has 1 aliphatic rings. The first-order chi connectivity index (χ1) is 9.44. The first kappa shape index (κ1) is 16.2. The van der Waals surface area contributed by atoms with Crippen molar-refractivity contribution in [2.45, 2.75) is 38.5 Å². The van der Waals surface area contributed by atoms with Crippen molar-refractivity contribution in [2.75, 3.05) is 0 Å². The van der Waals surface area contributed by atoms with Crippen LogP contribution in [0.15, 0.2) is 60.2 Å². The summed E-state index contributed by atoms with van der Waals surface area (Å²) < 4.78 is 0. The Labute approximate surface area is 140 Å². The first-order valence-corrected chi connectivity index (χ1v) is 7.24. The van der Waals surface area contributed by atoms with Gasteiger partial charge in [0.2, 0.25) is 0 Å².